The summed E-state index contributed by atoms with van der Waals surface area (Å²) >= 11 is 0. The highest BCUT2D eigenvalue weighted by molar-refractivity contribution is 5.95. The lowest BCUT2D eigenvalue weighted by atomic mass is 9.99. The molecule has 0 aliphatic carbocycles. The first-order valence-electron chi connectivity index (χ1n) is 7.28. The molecule has 6 heteroatoms. The van der Waals surface area contributed by atoms with E-state index in [0.717, 1.165) is 31.6 Å². The van der Waals surface area contributed by atoms with Crippen molar-refractivity contribution in [3.8, 4) is 0 Å². The normalized spacial score (nSPS) is 20.1. The Balaban J connectivity index is 2.22. The van der Waals surface area contributed by atoms with Crippen LogP contribution in [0.1, 0.15) is 25.7 Å². The van der Waals surface area contributed by atoms with Crippen molar-refractivity contribution in [1.82, 2.24) is 14.5 Å². The van der Waals surface area contributed by atoms with E-state index in [1.54, 1.807) is 29.4 Å². The fraction of sp³-hybridized carbons (Fsp3) is 0.467. The van der Waals surface area contributed by atoms with Gasteiger partial charge in [-0.1, -0.05) is 6.58 Å². The van der Waals surface area contributed by atoms with Crippen molar-refractivity contribution >= 4 is 11.7 Å². The minimum atomic E-state index is 0.184. The van der Waals surface area contributed by atoms with Gasteiger partial charge in [0.2, 0.25) is 0 Å². The largest absolute Gasteiger partial charge is 0.404 e. The molecular weight excluding hydrogens is 266 g/mol. The number of imidazole rings is 1. The first-order valence-corrected chi connectivity index (χ1v) is 7.28. The summed E-state index contributed by atoms with van der Waals surface area (Å²) in [6.07, 6.45) is 12.6. The molecule has 0 aromatic carbocycles. The molecular formula is C15H23N5O. The number of hydrogen-bond donors (Lipinski definition) is 2. The van der Waals surface area contributed by atoms with E-state index in [9.17, 15) is 5.11 Å². The third-order valence-electron chi connectivity index (χ3n) is 3.68. The van der Waals surface area contributed by atoms with Gasteiger partial charge in [0.05, 0.1) is 0 Å². The standard InChI is InChI=1S/C15H23N5O/c1-13(19-10-8-17-12-19)18-15(5-7-16)20-9-3-2-4-14(20)6-11-21/h5,7-8,10,12,14,21H,1-4,6,9,11,16H2/b7-5-,18-15+. The van der Waals surface area contributed by atoms with Gasteiger partial charge in [-0.3, -0.25) is 4.57 Å². The molecule has 2 rings (SSSR count). The smallest absolute Gasteiger partial charge is 0.132 e. The Morgan fingerprint density at radius 1 is 1.52 bits per heavy atom. The number of aliphatic hydroxyl groups is 1. The maximum absolute atomic E-state index is 9.24. The van der Waals surface area contributed by atoms with E-state index in [0.29, 0.717) is 11.9 Å². The van der Waals surface area contributed by atoms with Crippen LogP contribution >= 0.6 is 0 Å². The van der Waals surface area contributed by atoms with Crippen LogP contribution in [-0.4, -0.2) is 44.6 Å². The van der Waals surface area contributed by atoms with E-state index < -0.39 is 0 Å². The Morgan fingerprint density at radius 3 is 3.05 bits per heavy atom. The minimum Gasteiger partial charge on any atom is -0.404 e. The van der Waals surface area contributed by atoms with Crippen molar-refractivity contribution in [1.29, 1.82) is 0 Å². The van der Waals surface area contributed by atoms with Crippen molar-refractivity contribution in [2.45, 2.75) is 31.7 Å². The van der Waals surface area contributed by atoms with E-state index in [4.69, 9.17) is 5.73 Å². The van der Waals surface area contributed by atoms with E-state index in [2.05, 4.69) is 21.5 Å². The van der Waals surface area contributed by atoms with Gasteiger partial charge >= 0.3 is 0 Å². The lowest BCUT2D eigenvalue weighted by molar-refractivity contribution is 0.185. The van der Waals surface area contributed by atoms with E-state index in [1.165, 1.54) is 12.6 Å². The highest BCUT2D eigenvalue weighted by Gasteiger charge is 2.23. The summed E-state index contributed by atoms with van der Waals surface area (Å²) in [5, 5.41) is 9.24. The Morgan fingerprint density at radius 2 is 2.38 bits per heavy atom. The topological polar surface area (TPSA) is 79.7 Å². The first-order chi connectivity index (χ1) is 10.3. The van der Waals surface area contributed by atoms with Crippen LogP contribution in [0, 0.1) is 0 Å². The second-order valence-corrected chi connectivity index (χ2v) is 5.07. The van der Waals surface area contributed by atoms with Crippen LogP contribution in [0.3, 0.4) is 0 Å². The Hall–Kier alpha value is -2.08. The highest BCUT2D eigenvalue weighted by atomic mass is 16.3. The molecule has 0 saturated carbocycles. The van der Waals surface area contributed by atoms with Gasteiger partial charge in [-0.25, -0.2) is 9.98 Å². The van der Waals surface area contributed by atoms with Gasteiger partial charge in [-0.2, -0.15) is 0 Å². The molecule has 2 heterocycles. The number of aliphatic imine (C=N–C) groups is 1. The zero-order valence-corrected chi connectivity index (χ0v) is 12.2. The molecule has 1 saturated heterocycles. The molecule has 3 N–H and O–H groups in total. The highest BCUT2D eigenvalue weighted by Crippen LogP contribution is 2.21. The summed E-state index contributed by atoms with van der Waals surface area (Å²) in [4.78, 5) is 10.8. The summed E-state index contributed by atoms with van der Waals surface area (Å²) in [7, 11) is 0. The number of piperidine rings is 1. The average molecular weight is 289 g/mol. The number of aromatic nitrogens is 2. The number of amidine groups is 1. The Bertz CT molecular complexity index is 504. The molecule has 1 aromatic heterocycles. The van der Waals surface area contributed by atoms with Crippen LogP contribution in [-0.2, 0) is 0 Å². The van der Waals surface area contributed by atoms with Crippen molar-refractivity contribution in [2.24, 2.45) is 10.7 Å². The second-order valence-electron chi connectivity index (χ2n) is 5.07. The summed E-state index contributed by atoms with van der Waals surface area (Å²) in [6.45, 7) is 5.08. The SMILES string of the molecule is C=C(/N=C(\C=C/N)N1CCCCC1CCO)n1ccnc1. The quantitative estimate of drug-likeness (QED) is 0.634. The van der Waals surface area contributed by atoms with Gasteiger partial charge in [0.1, 0.15) is 18.0 Å². The van der Waals surface area contributed by atoms with Gasteiger partial charge in [0, 0.05) is 31.6 Å². The summed E-state index contributed by atoms with van der Waals surface area (Å²) in [6, 6.07) is 0.300. The molecule has 0 radical (unpaired) electrons. The predicted octanol–water partition coefficient (Wildman–Crippen LogP) is 1.42. The molecule has 1 aliphatic rings. The van der Waals surface area contributed by atoms with Gasteiger partial charge in [-0.15, -0.1) is 0 Å². The van der Waals surface area contributed by atoms with Gasteiger partial charge in [-0.05, 0) is 38.0 Å². The molecule has 0 bridgehead atoms. The monoisotopic (exact) mass is 289 g/mol. The van der Waals surface area contributed by atoms with Gasteiger partial charge < -0.3 is 15.7 Å². The van der Waals surface area contributed by atoms with Crippen LogP contribution < -0.4 is 5.73 Å². The molecule has 21 heavy (non-hydrogen) atoms. The number of nitrogens with zero attached hydrogens (tertiary/aromatic N) is 4. The van der Waals surface area contributed by atoms with Crippen LogP contribution in [0.2, 0.25) is 0 Å². The molecule has 0 spiro atoms. The van der Waals surface area contributed by atoms with Crippen molar-refractivity contribution < 1.29 is 5.11 Å². The summed E-state index contributed by atoms with van der Waals surface area (Å²) in [5.74, 6) is 1.38. The molecule has 1 atom stereocenters. The summed E-state index contributed by atoms with van der Waals surface area (Å²) < 4.78 is 1.76. The maximum Gasteiger partial charge on any atom is 0.132 e. The van der Waals surface area contributed by atoms with Crippen molar-refractivity contribution in [3.63, 3.8) is 0 Å². The summed E-state index contributed by atoms with van der Waals surface area (Å²) in [5.41, 5.74) is 5.56. The molecule has 1 fully saturated rings. The Kier molecular flexibility index (Phi) is 5.57. The third-order valence-corrected chi connectivity index (χ3v) is 3.68. The van der Waals surface area contributed by atoms with Crippen LogP contribution in [0.25, 0.3) is 5.82 Å². The van der Waals surface area contributed by atoms with Crippen LogP contribution in [0.15, 0.2) is 42.6 Å². The fourth-order valence-electron chi connectivity index (χ4n) is 2.64. The molecule has 1 aliphatic heterocycles. The maximum atomic E-state index is 9.24. The lowest BCUT2D eigenvalue weighted by Gasteiger charge is -2.37. The third kappa shape index (κ3) is 3.95. The Labute approximate surface area is 125 Å². The van der Waals surface area contributed by atoms with E-state index >= 15 is 0 Å². The zero-order chi connectivity index (χ0) is 15.1. The van der Waals surface area contributed by atoms with Gasteiger partial charge in [0.15, 0.2) is 0 Å². The molecule has 6 nitrogen and oxygen atoms in total. The second kappa shape index (κ2) is 7.64. The van der Waals surface area contributed by atoms with E-state index in [-0.39, 0.29) is 6.61 Å². The lowest BCUT2D eigenvalue weighted by Crippen LogP contribution is -2.43. The average Bonchev–Trinajstić information content (AvgIpc) is 3.02. The van der Waals surface area contributed by atoms with Gasteiger partial charge in [0.25, 0.3) is 0 Å². The van der Waals surface area contributed by atoms with Crippen molar-refractivity contribution in [3.05, 3.63) is 37.6 Å². The fourth-order valence-corrected chi connectivity index (χ4v) is 2.64. The minimum absolute atomic E-state index is 0.184. The number of rotatable bonds is 5. The first kappa shape index (κ1) is 15.3. The van der Waals surface area contributed by atoms with Crippen molar-refractivity contribution in [2.75, 3.05) is 13.2 Å². The number of likely N-dealkylation sites (tertiary alicyclic amines) is 1. The zero-order valence-electron chi connectivity index (χ0n) is 12.2. The van der Waals surface area contributed by atoms with Crippen LogP contribution in [0.4, 0.5) is 0 Å². The van der Waals surface area contributed by atoms with Crippen LogP contribution in [0.5, 0.6) is 0 Å². The number of hydrogen-bond acceptors (Lipinski definition) is 4. The number of nitrogens with two attached hydrogens (primary N) is 1. The predicted molar refractivity (Wildman–Crippen MR) is 84.4 cm³/mol. The molecule has 114 valence electrons. The molecule has 1 unspecified atom stereocenters. The van der Waals surface area contributed by atoms with E-state index in [1.807, 2.05) is 0 Å². The molecule has 0 amide bonds. The molecule has 1 aromatic rings. The number of aliphatic hydroxyl groups excluding tert-OH is 1.